The lowest BCUT2D eigenvalue weighted by Crippen LogP contribution is -1.81. The van der Waals surface area contributed by atoms with Crippen LogP contribution in [0.15, 0.2) is 41.3 Å². The topological polar surface area (TPSA) is 31.0 Å². The molecule has 3 nitrogen and oxygen atoms in total. The van der Waals surface area contributed by atoms with E-state index in [2.05, 4.69) is 11.1 Å². The van der Waals surface area contributed by atoms with Crippen molar-refractivity contribution in [3.8, 4) is 11.3 Å². The second-order valence-corrected chi connectivity index (χ2v) is 4.00. The van der Waals surface area contributed by atoms with Crippen LogP contribution in [0.1, 0.15) is 0 Å². The molecule has 0 saturated heterocycles. The molecule has 0 atom stereocenters. The molecule has 3 rings (SSSR count). The van der Waals surface area contributed by atoms with Gasteiger partial charge >= 0.3 is 0 Å². The van der Waals surface area contributed by atoms with Crippen LogP contribution in [0.5, 0.6) is 0 Å². The first-order valence-corrected chi connectivity index (χ1v) is 5.28. The lowest BCUT2D eigenvalue weighted by atomic mass is 10.1. The van der Waals surface area contributed by atoms with Crippen LogP contribution in [0, 0.1) is 0 Å². The molecule has 0 amide bonds. The second-order valence-electron chi connectivity index (χ2n) is 3.64. The number of aromatic nitrogens is 2. The standard InChI is InChI=1S/C12H9ClN2O/c1-15-6-9(11-12(13)14-7-16-11)8-4-2-3-5-10(8)15/h2-7H,1H3. The molecule has 0 aliphatic heterocycles. The lowest BCUT2D eigenvalue weighted by molar-refractivity contribution is 0.572. The summed E-state index contributed by atoms with van der Waals surface area (Å²) >= 11 is 5.97. The van der Waals surface area contributed by atoms with Crippen LogP contribution in [-0.4, -0.2) is 9.55 Å². The average molecular weight is 233 g/mol. The number of para-hydroxylation sites is 1. The Labute approximate surface area is 97.3 Å². The molecule has 80 valence electrons. The summed E-state index contributed by atoms with van der Waals surface area (Å²) in [4.78, 5) is 3.90. The van der Waals surface area contributed by atoms with E-state index < -0.39 is 0 Å². The van der Waals surface area contributed by atoms with Gasteiger partial charge in [-0.1, -0.05) is 29.8 Å². The van der Waals surface area contributed by atoms with Crippen LogP contribution in [-0.2, 0) is 7.05 Å². The summed E-state index contributed by atoms with van der Waals surface area (Å²) < 4.78 is 7.36. The molecule has 4 heteroatoms. The zero-order chi connectivity index (χ0) is 11.1. The third kappa shape index (κ3) is 1.25. The summed E-state index contributed by atoms with van der Waals surface area (Å²) in [5.74, 6) is 0.624. The lowest BCUT2D eigenvalue weighted by Gasteiger charge is -1.94. The first-order chi connectivity index (χ1) is 7.77. The number of hydrogen-bond acceptors (Lipinski definition) is 2. The van der Waals surface area contributed by atoms with Gasteiger partial charge in [-0.25, -0.2) is 4.98 Å². The molecule has 0 radical (unpaired) electrons. The Hall–Kier alpha value is -1.74. The van der Waals surface area contributed by atoms with Crippen LogP contribution in [0.4, 0.5) is 0 Å². The SMILES string of the molecule is Cn1cc(-c2ocnc2Cl)c2ccccc21. The number of aryl methyl sites for hydroxylation is 1. The summed E-state index contributed by atoms with van der Waals surface area (Å²) in [6, 6.07) is 8.11. The monoisotopic (exact) mass is 232 g/mol. The molecule has 0 saturated carbocycles. The van der Waals surface area contributed by atoms with Gasteiger partial charge in [-0.3, -0.25) is 0 Å². The largest absolute Gasteiger partial charge is 0.442 e. The Balaban J connectivity index is 2.37. The third-order valence-electron chi connectivity index (χ3n) is 2.67. The third-order valence-corrected chi connectivity index (χ3v) is 2.93. The smallest absolute Gasteiger partial charge is 0.182 e. The van der Waals surface area contributed by atoms with Gasteiger partial charge < -0.3 is 8.98 Å². The number of rotatable bonds is 1. The van der Waals surface area contributed by atoms with Gasteiger partial charge in [0.2, 0.25) is 0 Å². The Morgan fingerprint density at radius 1 is 1.31 bits per heavy atom. The van der Waals surface area contributed by atoms with Crippen LogP contribution >= 0.6 is 11.6 Å². The summed E-state index contributed by atoms with van der Waals surface area (Å²) in [5, 5.41) is 1.51. The maximum Gasteiger partial charge on any atom is 0.182 e. The minimum Gasteiger partial charge on any atom is -0.442 e. The fourth-order valence-corrected chi connectivity index (χ4v) is 2.12. The van der Waals surface area contributed by atoms with Crippen molar-refractivity contribution in [3.05, 3.63) is 42.0 Å². The van der Waals surface area contributed by atoms with E-state index in [4.69, 9.17) is 16.0 Å². The van der Waals surface area contributed by atoms with Crippen molar-refractivity contribution in [1.29, 1.82) is 0 Å². The normalized spacial score (nSPS) is 11.1. The van der Waals surface area contributed by atoms with Crippen LogP contribution < -0.4 is 0 Å². The molecule has 0 aliphatic carbocycles. The highest BCUT2D eigenvalue weighted by molar-refractivity contribution is 6.32. The molecule has 1 aromatic carbocycles. The molecule has 3 aromatic rings. The van der Waals surface area contributed by atoms with Crippen molar-refractivity contribution in [3.63, 3.8) is 0 Å². The Morgan fingerprint density at radius 3 is 2.88 bits per heavy atom. The number of hydrogen-bond donors (Lipinski definition) is 0. The summed E-state index contributed by atoms with van der Waals surface area (Å²) in [6.07, 6.45) is 3.36. The number of benzene rings is 1. The highest BCUT2D eigenvalue weighted by atomic mass is 35.5. The first kappa shape index (κ1) is 9.48. The van der Waals surface area contributed by atoms with Gasteiger partial charge in [0.25, 0.3) is 0 Å². The van der Waals surface area contributed by atoms with E-state index in [1.54, 1.807) is 0 Å². The average Bonchev–Trinajstić information content (AvgIpc) is 2.84. The van der Waals surface area contributed by atoms with Crippen molar-refractivity contribution in [2.45, 2.75) is 0 Å². The first-order valence-electron chi connectivity index (χ1n) is 4.91. The molecule has 2 aromatic heterocycles. The molecular weight excluding hydrogens is 224 g/mol. The second kappa shape index (κ2) is 3.39. The zero-order valence-corrected chi connectivity index (χ0v) is 9.40. The van der Waals surface area contributed by atoms with Gasteiger partial charge in [0, 0.05) is 29.7 Å². The van der Waals surface area contributed by atoms with Gasteiger partial charge in [0.1, 0.15) is 0 Å². The highest BCUT2D eigenvalue weighted by Crippen LogP contribution is 2.33. The van der Waals surface area contributed by atoms with Gasteiger partial charge in [0.05, 0.1) is 0 Å². The minimum atomic E-state index is 0.399. The highest BCUT2D eigenvalue weighted by Gasteiger charge is 2.14. The van der Waals surface area contributed by atoms with E-state index in [1.165, 1.54) is 6.39 Å². The van der Waals surface area contributed by atoms with Crippen LogP contribution in [0.25, 0.3) is 22.2 Å². The van der Waals surface area contributed by atoms with Crippen molar-refractivity contribution in [2.75, 3.05) is 0 Å². The van der Waals surface area contributed by atoms with Crippen LogP contribution in [0.3, 0.4) is 0 Å². The summed E-state index contributed by atoms with van der Waals surface area (Å²) in [5.41, 5.74) is 2.12. The number of oxazole rings is 1. The minimum absolute atomic E-state index is 0.399. The molecule has 0 fully saturated rings. The quantitative estimate of drug-likeness (QED) is 0.643. The van der Waals surface area contributed by atoms with Crippen molar-refractivity contribution < 1.29 is 4.42 Å². The van der Waals surface area contributed by atoms with E-state index in [1.807, 2.05) is 36.0 Å². The van der Waals surface area contributed by atoms with E-state index in [0.717, 1.165) is 16.5 Å². The van der Waals surface area contributed by atoms with Gasteiger partial charge in [-0.15, -0.1) is 0 Å². The fourth-order valence-electron chi connectivity index (χ4n) is 1.93. The Morgan fingerprint density at radius 2 is 2.12 bits per heavy atom. The molecule has 0 aliphatic rings. The van der Waals surface area contributed by atoms with Crippen molar-refractivity contribution in [2.24, 2.45) is 7.05 Å². The zero-order valence-electron chi connectivity index (χ0n) is 8.64. The Kier molecular flexibility index (Phi) is 2.01. The summed E-state index contributed by atoms with van der Waals surface area (Å²) in [6.45, 7) is 0. The molecule has 0 bridgehead atoms. The maximum absolute atomic E-state index is 5.97. The number of halogens is 1. The number of nitrogens with zero attached hydrogens (tertiary/aromatic N) is 2. The molecular formula is C12H9ClN2O. The van der Waals surface area contributed by atoms with E-state index in [9.17, 15) is 0 Å². The van der Waals surface area contributed by atoms with E-state index in [-0.39, 0.29) is 0 Å². The van der Waals surface area contributed by atoms with Gasteiger partial charge in [-0.2, -0.15) is 0 Å². The molecule has 2 heterocycles. The molecule has 0 N–H and O–H groups in total. The Bertz CT molecular complexity index is 654. The van der Waals surface area contributed by atoms with Crippen molar-refractivity contribution in [1.82, 2.24) is 9.55 Å². The summed E-state index contributed by atoms with van der Waals surface area (Å²) in [7, 11) is 2.00. The molecule has 0 unspecified atom stereocenters. The van der Waals surface area contributed by atoms with Crippen molar-refractivity contribution >= 4 is 22.5 Å². The van der Waals surface area contributed by atoms with Crippen LogP contribution in [0.2, 0.25) is 5.15 Å². The van der Waals surface area contributed by atoms with Gasteiger partial charge in [0.15, 0.2) is 17.3 Å². The number of fused-ring (bicyclic) bond motifs is 1. The van der Waals surface area contributed by atoms with E-state index >= 15 is 0 Å². The predicted octanol–water partition coefficient (Wildman–Crippen LogP) is 3.49. The van der Waals surface area contributed by atoms with Gasteiger partial charge in [-0.05, 0) is 6.07 Å². The molecule has 16 heavy (non-hydrogen) atoms. The molecule has 0 spiro atoms. The maximum atomic E-state index is 5.97. The predicted molar refractivity (Wildman–Crippen MR) is 63.4 cm³/mol. The van der Waals surface area contributed by atoms with E-state index in [0.29, 0.717) is 10.9 Å². The fraction of sp³-hybridized carbons (Fsp3) is 0.0833.